The first-order chi connectivity index (χ1) is 8.17. The van der Waals surface area contributed by atoms with Crippen molar-refractivity contribution in [2.24, 2.45) is 0 Å². The molecule has 1 aromatic rings. The molecular weight excluding hydrogens is 210 g/mol. The van der Waals surface area contributed by atoms with E-state index in [1.165, 1.54) is 5.56 Å². The van der Waals surface area contributed by atoms with Crippen LogP contribution >= 0.6 is 0 Å². The van der Waals surface area contributed by atoms with Gasteiger partial charge in [0.05, 0.1) is 6.10 Å². The van der Waals surface area contributed by atoms with E-state index in [1.807, 2.05) is 40.0 Å². The highest BCUT2D eigenvalue weighted by Gasteiger charge is 2.08. The van der Waals surface area contributed by atoms with Crippen LogP contribution in [0.15, 0.2) is 24.3 Å². The van der Waals surface area contributed by atoms with Gasteiger partial charge in [-0.3, -0.25) is 0 Å². The molecule has 2 nitrogen and oxygen atoms in total. The first kappa shape index (κ1) is 13.6. The second-order valence-corrected chi connectivity index (χ2v) is 4.21. The van der Waals surface area contributed by atoms with Crippen LogP contribution in [0.4, 0.5) is 0 Å². The quantitative estimate of drug-likeness (QED) is 0.786. The van der Waals surface area contributed by atoms with Gasteiger partial charge < -0.3 is 10.1 Å². The highest BCUT2D eigenvalue weighted by molar-refractivity contribution is 5.31. The summed E-state index contributed by atoms with van der Waals surface area (Å²) in [5, 5.41) is 3.28. The molecule has 0 aliphatic carbocycles. The van der Waals surface area contributed by atoms with Crippen molar-refractivity contribution in [3.63, 3.8) is 0 Å². The van der Waals surface area contributed by atoms with E-state index in [0.29, 0.717) is 0 Å². The second-order valence-electron chi connectivity index (χ2n) is 4.21. The number of hydrogen-bond donors (Lipinski definition) is 1. The highest BCUT2D eigenvalue weighted by atomic mass is 16.5. The van der Waals surface area contributed by atoms with Crippen molar-refractivity contribution >= 4 is 0 Å². The van der Waals surface area contributed by atoms with E-state index in [0.717, 1.165) is 12.2 Å². The van der Waals surface area contributed by atoms with E-state index in [1.54, 1.807) is 0 Å². The second kappa shape index (κ2) is 6.98. The minimum atomic E-state index is 0.203. The SMILES string of the molecule is CC#CCC(NC)c1cccc(OC(C)C)c1. The Kier molecular flexibility index (Phi) is 5.59. The van der Waals surface area contributed by atoms with E-state index in [9.17, 15) is 0 Å². The lowest BCUT2D eigenvalue weighted by Crippen LogP contribution is -2.16. The lowest BCUT2D eigenvalue weighted by molar-refractivity contribution is 0.242. The predicted octanol–water partition coefficient (Wildman–Crippen LogP) is 3.15. The van der Waals surface area contributed by atoms with Crippen LogP contribution in [-0.4, -0.2) is 13.2 Å². The van der Waals surface area contributed by atoms with Crippen LogP contribution in [0.5, 0.6) is 5.75 Å². The Bertz CT molecular complexity index is 401. The minimum Gasteiger partial charge on any atom is -0.491 e. The average Bonchev–Trinajstić information content (AvgIpc) is 2.30. The van der Waals surface area contributed by atoms with Gasteiger partial charge in [-0.25, -0.2) is 0 Å². The van der Waals surface area contributed by atoms with E-state index in [4.69, 9.17) is 4.74 Å². The van der Waals surface area contributed by atoms with Gasteiger partial charge in [0.2, 0.25) is 0 Å². The summed E-state index contributed by atoms with van der Waals surface area (Å²) in [6.45, 7) is 5.93. The molecule has 1 unspecified atom stereocenters. The number of benzene rings is 1. The van der Waals surface area contributed by atoms with Crippen molar-refractivity contribution in [1.29, 1.82) is 0 Å². The molecule has 0 aliphatic heterocycles. The molecule has 1 aromatic carbocycles. The van der Waals surface area contributed by atoms with Crippen LogP contribution in [0.2, 0.25) is 0 Å². The Morgan fingerprint density at radius 2 is 2.12 bits per heavy atom. The van der Waals surface area contributed by atoms with Crippen LogP contribution in [-0.2, 0) is 0 Å². The van der Waals surface area contributed by atoms with Crippen molar-refractivity contribution in [3.8, 4) is 17.6 Å². The Balaban J connectivity index is 2.83. The molecular formula is C15H21NO. The minimum absolute atomic E-state index is 0.203. The molecule has 0 fully saturated rings. The zero-order valence-corrected chi connectivity index (χ0v) is 11.1. The summed E-state index contributed by atoms with van der Waals surface area (Å²) in [4.78, 5) is 0. The van der Waals surface area contributed by atoms with Crippen LogP contribution in [0.1, 0.15) is 38.8 Å². The van der Waals surface area contributed by atoms with Gasteiger partial charge >= 0.3 is 0 Å². The van der Waals surface area contributed by atoms with Gasteiger partial charge in [-0.15, -0.1) is 11.8 Å². The predicted molar refractivity (Wildman–Crippen MR) is 72.1 cm³/mol. The maximum Gasteiger partial charge on any atom is 0.120 e. The first-order valence-electron chi connectivity index (χ1n) is 6.01. The maximum absolute atomic E-state index is 5.69. The van der Waals surface area contributed by atoms with Gasteiger partial charge in [-0.05, 0) is 45.5 Å². The summed E-state index contributed by atoms with van der Waals surface area (Å²) >= 11 is 0. The average molecular weight is 231 g/mol. The summed E-state index contributed by atoms with van der Waals surface area (Å²) in [6, 6.07) is 8.46. The molecule has 0 aliphatic rings. The smallest absolute Gasteiger partial charge is 0.120 e. The summed E-state index contributed by atoms with van der Waals surface area (Å²) in [5.41, 5.74) is 1.22. The standard InChI is InChI=1S/C15H21NO/c1-5-6-10-15(16-4)13-8-7-9-14(11-13)17-12(2)3/h7-9,11-12,15-16H,10H2,1-4H3. The number of hydrogen-bond acceptors (Lipinski definition) is 2. The zero-order valence-electron chi connectivity index (χ0n) is 11.1. The molecule has 0 amide bonds. The maximum atomic E-state index is 5.69. The lowest BCUT2D eigenvalue weighted by Gasteiger charge is -2.16. The third-order valence-electron chi connectivity index (χ3n) is 2.46. The van der Waals surface area contributed by atoms with Crippen LogP contribution in [0.25, 0.3) is 0 Å². The molecule has 0 spiro atoms. The van der Waals surface area contributed by atoms with E-state index < -0.39 is 0 Å². The fourth-order valence-electron chi connectivity index (χ4n) is 1.67. The molecule has 92 valence electrons. The summed E-state index contributed by atoms with van der Waals surface area (Å²) in [5.74, 6) is 6.95. The van der Waals surface area contributed by atoms with E-state index in [2.05, 4.69) is 29.3 Å². The van der Waals surface area contributed by atoms with Gasteiger partial charge in [0.25, 0.3) is 0 Å². The molecule has 17 heavy (non-hydrogen) atoms. The third kappa shape index (κ3) is 4.50. The Labute approximate surface area is 104 Å². The van der Waals surface area contributed by atoms with Crippen LogP contribution in [0.3, 0.4) is 0 Å². The molecule has 0 saturated heterocycles. The van der Waals surface area contributed by atoms with Gasteiger partial charge in [0.1, 0.15) is 5.75 Å². The molecule has 0 radical (unpaired) electrons. The fourth-order valence-corrected chi connectivity index (χ4v) is 1.67. The zero-order chi connectivity index (χ0) is 12.7. The van der Waals surface area contributed by atoms with Gasteiger partial charge in [-0.2, -0.15) is 0 Å². The van der Waals surface area contributed by atoms with E-state index in [-0.39, 0.29) is 12.1 Å². The largest absolute Gasteiger partial charge is 0.491 e. The van der Waals surface area contributed by atoms with Crippen molar-refractivity contribution in [2.45, 2.75) is 39.3 Å². The first-order valence-corrected chi connectivity index (χ1v) is 6.01. The molecule has 0 heterocycles. The summed E-state index contributed by atoms with van der Waals surface area (Å²) in [7, 11) is 1.96. The van der Waals surface area contributed by atoms with Crippen LogP contribution in [0, 0.1) is 11.8 Å². The van der Waals surface area contributed by atoms with Crippen molar-refractivity contribution < 1.29 is 4.74 Å². The molecule has 1 rings (SSSR count). The van der Waals surface area contributed by atoms with Crippen LogP contribution < -0.4 is 10.1 Å². The van der Waals surface area contributed by atoms with Crippen molar-refractivity contribution in [3.05, 3.63) is 29.8 Å². The Morgan fingerprint density at radius 3 is 2.71 bits per heavy atom. The molecule has 0 bridgehead atoms. The molecule has 0 saturated carbocycles. The van der Waals surface area contributed by atoms with Crippen molar-refractivity contribution in [1.82, 2.24) is 5.32 Å². The number of ether oxygens (including phenoxy) is 1. The topological polar surface area (TPSA) is 21.3 Å². The Morgan fingerprint density at radius 1 is 1.35 bits per heavy atom. The number of rotatable bonds is 5. The molecule has 0 aromatic heterocycles. The van der Waals surface area contributed by atoms with Gasteiger partial charge in [0.15, 0.2) is 0 Å². The van der Waals surface area contributed by atoms with Gasteiger partial charge in [0, 0.05) is 12.5 Å². The lowest BCUT2D eigenvalue weighted by atomic mass is 10.0. The van der Waals surface area contributed by atoms with E-state index >= 15 is 0 Å². The fraction of sp³-hybridized carbons (Fsp3) is 0.467. The normalized spacial score (nSPS) is 11.8. The Hall–Kier alpha value is -1.46. The van der Waals surface area contributed by atoms with Gasteiger partial charge in [-0.1, -0.05) is 12.1 Å². The third-order valence-corrected chi connectivity index (χ3v) is 2.46. The molecule has 2 heteroatoms. The molecule has 1 atom stereocenters. The van der Waals surface area contributed by atoms with Crippen molar-refractivity contribution in [2.75, 3.05) is 7.05 Å². The monoisotopic (exact) mass is 231 g/mol. The number of nitrogens with one attached hydrogen (secondary N) is 1. The summed E-state index contributed by atoms with van der Waals surface area (Å²) < 4.78 is 5.69. The molecule has 1 N–H and O–H groups in total. The highest BCUT2D eigenvalue weighted by Crippen LogP contribution is 2.21. The summed E-state index contributed by atoms with van der Waals surface area (Å²) in [6.07, 6.45) is 1.02.